The number of hydrogen-bond acceptors (Lipinski definition) is 4. The van der Waals surface area contributed by atoms with Crippen LogP contribution in [0.2, 0.25) is 0 Å². The van der Waals surface area contributed by atoms with E-state index in [1.807, 2.05) is 19.1 Å². The van der Waals surface area contributed by atoms with Crippen LogP contribution in [0.1, 0.15) is 17.3 Å². The van der Waals surface area contributed by atoms with E-state index in [9.17, 15) is 0 Å². The predicted octanol–water partition coefficient (Wildman–Crippen LogP) is 3.06. The van der Waals surface area contributed by atoms with Crippen molar-refractivity contribution >= 4 is 21.6 Å². The van der Waals surface area contributed by atoms with Gasteiger partial charge < -0.3 is 9.73 Å². The van der Waals surface area contributed by atoms with Gasteiger partial charge >= 0.3 is 0 Å². The van der Waals surface area contributed by atoms with Gasteiger partial charge in [0.2, 0.25) is 11.8 Å². The van der Waals surface area contributed by atoms with E-state index in [0.717, 1.165) is 10.2 Å². The summed E-state index contributed by atoms with van der Waals surface area (Å²) < 4.78 is 6.35. The number of hydrogen-bond donors (Lipinski definition) is 1. The SMILES string of the molecule is Cc1nnc(CNc2ccc(Br)cc2C)o1. The first-order valence-corrected chi connectivity index (χ1v) is 5.73. The molecule has 5 heteroatoms. The van der Waals surface area contributed by atoms with Gasteiger partial charge in [0.05, 0.1) is 6.54 Å². The monoisotopic (exact) mass is 281 g/mol. The Morgan fingerprint density at radius 3 is 2.75 bits per heavy atom. The predicted molar refractivity (Wildman–Crippen MR) is 65.2 cm³/mol. The van der Waals surface area contributed by atoms with E-state index < -0.39 is 0 Å². The van der Waals surface area contributed by atoms with E-state index in [1.165, 1.54) is 5.56 Å². The summed E-state index contributed by atoms with van der Waals surface area (Å²) in [6.45, 7) is 4.37. The van der Waals surface area contributed by atoms with Crippen LogP contribution in [0.25, 0.3) is 0 Å². The van der Waals surface area contributed by atoms with Crippen LogP contribution >= 0.6 is 15.9 Å². The molecule has 0 saturated heterocycles. The molecule has 0 amide bonds. The maximum absolute atomic E-state index is 5.27. The molecule has 2 rings (SSSR count). The molecule has 1 aromatic heterocycles. The van der Waals surface area contributed by atoms with Crippen molar-refractivity contribution in [2.45, 2.75) is 20.4 Å². The maximum atomic E-state index is 5.27. The van der Waals surface area contributed by atoms with Crippen LogP contribution in [0.15, 0.2) is 27.1 Å². The minimum Gasteiger partial charge on any atom is -0.424 e. The van der Waals surface area contributed by atoms with Gasteiger partial charge in [-0.2, -0.15) is 0 Å². The van der Waals surface area contributed by atoms with Gasteiger partial charge in [0.1, 0.15) is 0 Å². The molecule has 0 unspecified atom stereocenters. The number of halogens is 1. The number of rotatable bonds is 3. The van der Waals surface area contributed by atoms with Crippen molar-refractivity contribution in [2.24, 2.45) is 0 Å². The van der Waals surface area contributed by atoms with Gasteiger partial charge in [-0.25, -0.2) is 0 Å². The molecule has 0 fully saturated rings. The second kappa shape index (κ2) is 4.65. The summed E-state index contributed by atoms with van der Waals surface area (Å²) in [5.74, 6) is 1.18. The summed E-state index contributed by atoms with van der Waals surface area (Å²) >= 11 is 3.43. The van der Waals surface area contributed by atoms with Gasteiger partial charge in [0.15, 0.2) is 0 Å². The number of nitrogens with one attached hydrogen (secondary N) is 1. The topological polar surface area (TPSA) is 51.0 Å². The highest BCUT2D eigenvalue weighted by Gasteiger charge is 2.03. The third kappa shape index (κ3) is 2.61. The largest absolute Gasteiger partial charge is 0.424 e. The first-order valence-electron chi connectivity index (χ1n) is 4.94. The lowest BCUT2D eigenvalue weighted by molar-refractivity contribution is 0.475. The normalized spacial score (nSPS) is 10.4. The van der Waals surface area contributed by atoms with Gasteiger partial charge in [0.25, 0.3) is 0 Å². The smallest absolute Gasteiger partial charge is 0.235 e. The van der Waals surface area contributed by atoms with Crippen LogP contribution in [0, 0.1) is 13.8 Å². The molecule has 0 aliphatic heterocycles. The Labute approximate surface area is 102 Å². The van der Waals surface area contributed by atoms with Crippen molar-refractivity contribution in [2.75, 3.05) is 5.32 Å². The fraction of sp³-hybridized carbons (Fsp3) is 0.273. The summed E-state index contributed by atoms with van der Waals surface area (Å²) in [7, 11) is 0. The van der Waals surface area contributed by atoms with Gasteiger partial charge in [-0.3, -0.25) is 0 Å². The Balaban J connectivity index is 2.04. The Morgan fingerprint density at radius 1 is 1.31 bits per heavy atom. The minimum absolute atomic E-state index is 0.545. The zero-order chi connectivity index (χ0) is 11.5. The number of aromatic nitrogens is 2. The Hall–Kier alpha value is -1.36. The summed E-state index contributed by atoms with van der Waals surface area (Å²) in [4.78, 5) is 0. The zero-order valence-corrected chi connectivity index (χ0v) is 10.7. The van der Waals surface area contributed by atoms with Crippen LogP contribution < -0.4 is 5.32 Å². The van der Waals surface area contributed by atoms with Crippen molar-refractivity contribution in [3.63, 3.8) is 0 Å². The van der Waals surface area contributed by atoms with Gasteiger partial charge in [-0.15, -0.1) is 10.2 Å². The molecular weight excluding hydrogens is 270 g/mol. The number of nitrogens with zero attached hydrogens (tertiary/aromatic N) is 2. The maximum Gasteiger partial charge on any atom is 0.235 e. The highest BCUT2D eigenvalue weighted by atomic mass is 79.9. The van der Waals surface area contributed by atoms with Gasteiger partial charge in [-0.1, -0.05) is 15.9 Å². The number of benzene rings is 1. The molecule has 2 aromatic rings. The van der Waals surface area contributed by atoms with Crippen LogP contribution in [-0.2, 0) is 6.54 Å². The first kappa shape index (κ1) is 11.1. The van der Waals surface area contributed by atoms with Crippen molar-refractivity contribution in [1.29, 1.82) is 0 Å². The van der Waals surface area contributed by atoms with Gasteiger partial charge in [-0.05, 0) is 30.7 Å². The summed E-state index contributed by atoms with van der Waals surface area (Å²) in [6.07, 6.45) is 0. The van der Waals surface area contributed by atoms with E-state index in [4.69, 9.17) is 4.42 Å². The van der Waals surface area contributed by atoms with Crippen molar-refractivity contribution in [3.8, 4) is 0 Å². The van der Waals surface area contributed by atoms with Crippen LogP contribution in [0.3, 0.4) is 0 Å². The van der Waals surface area contributed by atoms with E-state index in [2.05, 4.69) is 37.5 Å². The first-order chi connectivity index (χ1) is 7.65. The fourth-order valence-electron chi connectivity index (χ4n) is 1.41. The van der Waals surface area contributed by atoms with Gasteiger partial charge in [0, 0.05) is 17.1 Å². The highest BCUT2D eigenvalue weighted by Crippen LogP contribution is 2.20. The second-order valence-corrected chi connectivity index (χ2v) is 4.44. The van der Waals surface area contributed by atoms with Crippen molar-refractivity contribution < 1.29 is 4.42 Å². The van der Waals surface area contributed by atoms with E-state index in [1.54, 1.807) is 6.92 Å². The summed E-state index contributed by atoms with van der Waals surface area (Å²) in [5, 5.41) is 10.9. The molecule has 4 nitrogen and oxygen atoms in total. The second-order valence-electron chi connectivity index (χ2n) is 3.53. The third-order valence-corrected chi connectivity index (χ3v) is 2.68. The molecule has 1 N–H and O–H groups in total. The summed E-state index contributed by atoms with van der Waals surface area (Å²) in [6, 6.07) is 6.07. The number of anilines is 1. The van der Waals surface area contributed by atoms with Crippen molar-refractivity contribution in [1.82, 2.24) is 10.2 Å². The van der Waals surface area contributed by atoms with Crippen LogP contribution in [0.4, 0.5) is 5.69 Å². The summed E-state index contributed by atoms with van der Waals surface area (Å²) in [5.41, 5.74) is 2.24. The van der Waals surface area contributed by atoms with E-state index in [-0.39, 0.29) is 0 Å². The molecule has 0 radical (unpaired) electrons. The van der Waals surface area contributed by atoms with Crippen LogP contribution in [-0.4, -0.2) is 10.2 Å². The molecular formula is C11H12BrN3O. The molecule has 0 aliphatic rings. The third-order valence-electron chi connectivity index (χ3n) is 2.19. The molecule has 0 aliphatic carbocycles. The number of aryl methyl sites for hydroxylation is 2. The highest BCUT2D eigenvalue weighted by molar-refractivity contribution is 9.10. The standard InChI is InChI=1S/C11H12BrN3O/c1-7-5-9(12)3-4-10(7)13-6-11-15-14-8(2)16-11/h3-5,13H,6H2,1-2H3. The van der Waals surface area contributed by atoms with E-state index >= 15 is 0 Å². The molecule has 0 bridgehead atoms. The quantitative estimate of drug-likeness (QED) is 0.940. The molecule has 1 aromatic carbocycles. The molecule has 0 atom stereocenters. The minimum atomic E-state index is 0.545. The Morgan fingerprint density at radius 2 is 2.12 bits per heavy atom. The molecule has 0 spiro atoms. The Bertz CT molecular complexity index is 496. The van der Waals surface area contributed by atoms with Crippen LogP contribution in [0.5, 0.6) is 0 Å². The Kier molecular flexibility index (Phi) is 3.24. The molecule has 84 valence electrons. The lowest BCUT2D eigenvalue weighted by atomic mass is 10.2. The average Bonchev–Trinajstić information content (AvgIpc) is 2.63. The molecule has 1 heterocycles. The average molecular weight is 282 g/mol. The lowest BCUT2D eigenvalue weighted by Gasteiger charge is -2.07. The molecule has 16 heavy (non-hydrogen) atoms. The molecule has 0 saturated carbocycles. The van der Waals surface area contributed by atoms with Crippen molar-refractivity contribution in [3.05, 3.63) is 40.0 Å². The lowest BCUT2D eigenvalue weighted by Crippen LogP contribution is -2.01. The zero-order valence-electron chi connectivity index (χ0n) is 9.12. The fourth-order valence-corrected chi connectivity index (χ4v) is 1.88. The van der Waals surface area contributed by atoms with E-state index in [0.29, 0.717) is 18.3 Å².